The van der Waals surface area contributed by atoms with Crippen molar-refractivity contribution in [3.8, 4) is 0 Å². The molecule has 1 N–H and O–H groups in total. The Labute approximate surface area is 97.3 Å². The van der Waals surface area contributed by atoms with Gasteiger partial charge in [0.1, 0.15) is 5.67 Å². The van der Waals surface area contributed by atoms with Gasteiger partial charge in [0.15, 0.2) is 0 Å². The summed E-state index contributed by atoms with van der Waals surface area (Å²) < 4.78 is 19.6. The van der Waals surface area contributed by atoms with Gasteiger partial charge in [-0.1, -0.05) is 0 Å². The van der Waals surface area contributed by atoms with Gasteiger partial charge in [-0.05, 0) is 32.7 Å². The minimum absolute atomic E-state index is 0.495. The molecule has 0 amide bonds. The lowest BCUT2D eigenvalue weighted by Gasteiger charge is -2.41. The summed E-state index contributed by atoms with van der Waals surface area (Å²) in [5, 5.41) is 2.96. The molecule has 2 rings (SSSR count). The lowest BCUT2D eigenvalue weighted by molar-refractivity contribution is -0.00472. The van der Waals surface area contributed by atoms with Crippen molar-refractivity contribution >= 4 is 0 Å². The Morgan fingerprint density at radius 3 is 2.50 bits per heavy atom. The molecule has 16 heavy (non-hydrogen) atoms. The van der Waals surface area contributed by atoms with Gasteiger partial charge < -0.3 is 10.1 Å². The SMILES string of the molecule is CNCC1(F)CCN(C2CCOCC2)CC1. The van der Waals surface area contributed by atoms with Crippen LogP contribution < -0.4 is 5.32 Å². The molecule has 0 aromatic rings. The number of alkyl halides is 1. The average Bonchev–Trinajstić information content (AvgIpc) is 2.31. The first-order valence-corrected chi connectivity index (χ1v) is 6.39. The van der Waals surface area contributed by atoms with E-state index in [-0.39, 0.29) is 0 Å². The third-order valence-corrected chi connectivity index (χ3v) is 3.89. The van der Waals surface area contributed by atoms with Crippen LogP contribution in [-0.4, -0.2) is 56.5 Å². The van der Waals surface area contributed by atoms with E-state index in [1.54, 1.807) is 0 Å². The van der Waals surface area contributed by atoms with E-state index in [1.165, 1.54) is 0 Å². The number of nitrogens with one attached hydrogen (secondary N) is 1. The molecule has 0 aromatic heterocycles. The number of nitrogens with zero attached hydrogens (tertiary/aromatic N) is 1. The quantitative estimate of drug-likeness (QED) is 0.788. The van der Waals surface area contributed by atoms with Crippen molar-refractivity contribution < 1.29 is 9.13 Å². The highest BCUT2D eigenvalue weighted by molar-refractivity contribution is 4.90. The Bertz CT molecular complexity index is 211. The molecule has 0 unspecified atom stereocenters. The summed E-state index contributed by atoms with van der Waals surface area (Å²) in [6.45, 7) is 4.05. The van der Waals surface area contributed by atoms with Crippen LogP contribution in [0.5, 0.6) is 0 Å². The molecule has 0 radical (unpaired) electrons. The first kappa shape index (κ1) is 12.3. The van der Waals surface area contributed by atoms with Crippen molar-refractivity contribution in [2.45, 2.75) is 37.4 Å². The Morgan fingerprint density at radius 1 is 1.31 bits per heavy atom. The van der Waals surface area contributed by atoms with E-state index in [1.807, 2.05) is 7.05 Å². The maximum atomic E-state index is 14.2. The second kappa shape index (κ2) is 5.43. The van der Waals surface area contributed by atoms with E-state index < -0.39 is 5.67 Å². The Kier molecular flexibility index (Phi) is 4.16. The van der Waals surface area contributed by atoms with Crippen molar-refractivity contribution in [3.05, 3.63) is 0 Å². The van der Waals surface area contributed by atoms with E-state index in [0.717, 1.165) is 39.1 Å². The minimum Gasteiger partial charge on any atom is -0.381 e. The highest BCUT2D eigenvalue weighted by Gasteiger charge is 2.36. The number of hydrogen-bond acceptors (Lipinski definition) is 3. The molecule has 3 nitrogen and oxygen atoms in total. The van der Waals surface area contributed by atoms with Gasteiger partial charge in [-0.15, -0.1) is 0 Å². The average molecular weight is 230 g/mol. The van der Waals surface area contributed by atoms with E-state index in [9.17, 15) is 4.39 Å². The standard InChI is InChI=1S/C12H23FN2O/c1-14-10-12(13)4-6-15(7-5-12)11-2-8-16-9-3-11/h11,14H,2-10H2,1H3. The second-order valence-corrected chi connectivity index (χ2v) is 5.06. The highest BCUT2D eigenvalue weighted by Crippen LogP contribution is 2.28. The fourth-order valence-corrected chi connectivity index (χ4v) is 2.83. The molecule has 4 heteroatoms. The van der Waals surface area contributed by atoms with Crippen molar-refractivity contribution in [3.63, 3.8) is 0 Å². The summed E-state index contributed by atoms with van der Waals surface area (Å²) in [6, 6.07) is 0.632. The Morgan fingerprint density at radius 2 is 1.94 bits per heavy atom. The molecular formula is C12H23FN2O. The molecule has 94 valence electrons. The minimum atomic E-state index is -0.976. The maximum absolute atomic E-state index is 14.2. The summed E-state index contributed by atoms with van der Waals surface area (Å²) >= 11 is 0. The predicted octanol–water partition coefficient (Wildman–Crippen LogP) is 1.19. The molecule has 0 spiro atoms. The van der Waals surface area contributed by atoms with E-state index in [4.69, 9.17) is 4.74 Å². The van der Waals surface area contributed by atoms with E-state index in [0.29, 0.717) is 25.4 Å². The largest absolute Gasteiger partial charge is 0.381 e. The van der Waals surface area contributed by atoms with Crippen molar-refractivity contribution in [2.75, 3.05) is 39.9 Å². The molecule has 0 aromatic carbocycles. The van der Waals surface area contributed by atoms with Gasteiger partial charge in [0.05, 0.1) is 0 Å². The van der Waals surface area contributed by atoms with Gasteiger partial charge in [-0.25, -0.2) is 4.39 Å². The van der Waals surface area contributed by atoms with Crippen LogP contribution in [-0.2, 0) is 4.74 Å². The van der Waals surface area contributed by atoms with Crippen LogP contribution in [0.25, 0.3) is 0 Å². The van der Waals surface area contributed by atoms with Crippen LogP contribution in [0.15, 0.2) is 0 Å². The van der Waals surface area contributed by atoms with Crippen LogP contribution >= 0.6 is 0 Å². The first-order valence-electron chi connectivity index (χ1n) is 6.39. The maximum Gasteiger partial charge on any atom is 0.125 e. The monoisotopic (exact) mass is 230 g/mol. The summed E-state index contributed by atoms with van der Waals surface area (Å²) in [5.74, 6) is 0. The number of hydrogen-bond donors (Lipinski definition) is 1. The molecule has 2 aliphatic heterocycles. The van der Waals surface area contributed by atoms with E-state index in [2.05, 4.69) is 10.2 Å². The normalized spacial score (nSPS) is 28.1. The first-order chi connectivity index (χ1) is 7.73. The lowest BCUT2D eigenvalue weighted by atomic mass is 9.91. The summed E-state index contributed by atoms with van der Waals surface area (Å²) in [7, 11) is 1.83. The van der Waals surface area contributed by atoms with Crippen molar-refractivity contribution in [2.24, 2.45) is 0 Å². The summed E-state index contributed by atoms with van der Waals surface area (Å²) in [6.07, 6.45) is 3.58. The Hall–Kier alpha value is -0.190. The van der Waals surface area contributed by atoms with Gasteiger partial charge >= 0.3 is 0 Å². The zero-order valence-electron chi connectivity index (χ0n) is 10.2. The number of halogens is 1. The molecule has 0 saturated carbocycles. The molecule has 0 aliphatic carbocycles. The molecule has 0 atom stereocenters. The van der Waals surface area contributed by atoms with Crippen LogP contribution in [0.4, 0.5) is 4.39 Å². The Balaban J connectivity index is 1.79. The summed E-state index contributed by atoms with van der Waals surface area (Å²) in [4.78, 5) is 2.45. The molecule has 2 heterocycles. The zero-order chi connectivity index (χ0) is 11.4. The fourth-order valence-electron chi connectivity index (χ4n) is 2.83. The number of likely N-dealkylation sites (tertiary alicyclic amines) is 1. The molecule has 0 bridgehead atoms. The van der Waals surface area contributed by atoms with Gasteiger partial charge in [-0.2, -0.15) is 0 Å². The molecule has 2 aliphatic rings. The molecule has 2 saturated heterocycles. The van der Waals surface area contributed by atoms with Crippen LogP contribution in [0.1, 0.15) is 25.7 Å². The predicted molar refractivity (Wildman–Crippen MR) is 62.4 cm³/mol. The topological polar surface area (TPSA) is 24.5 Å². The smallest absolute Gasteiger partial charge is 0.125 e. The van der Waals surface area contributed by atoms with Gasteiger partial charge in [-0.3, -0.25) is 4.90 Å². The molecule has 2 fully saturated rings. The number of piperidine rings is 1. The van der Waals surface area contributed by atoms with Gasteiger partial charge in [0.25, 0.3) is 0 Å². The van der Waals surface area contributed by atoms with Gasteiger partial charge in [0.2, 0.25) is 0 Å². The van der Waals surface area contributed by atoms with Crippen LogP contribution in [0.3, 0.4) is 0 Å². The third-order valence-electron chi connectivity index (χ3n) is 3.89. The van der Waals surface area contributed by atoms with Crippen LogP contribution in [0, 0.1) is 0 Å². The molecular weight excluding hydrogens is 207 g/mol. The number of ether oxygens (including phenoxy) is 1. The van der Waals surface area contributed by atoms with E-state index >= 15 is 0 Å². The number of rotatable bonds is 3. The van der Waals surface area contributed by atoms with Gasteiger partial charge in [0, 0.05) is 38.9 Å². The fraction of sp³-hybridized carbons (Fsp3) is 1.00. The van der Waals surface area contributed by atoms with Crippen molar-refractivity contribution in [1.29, 1.82) is 0 Å². The zero-order valence-corrected chi connectivity index (χ0v) is 10.2. The summed E-state index contributed by atoms with van der Waals surface area (Å²) in [5.41, 5.74) is -0.976. The van der Waals surface area contributed by atoms with Crippen molar-refractivity contribution in [1.82, 2.24) is 10.2 Å². The highest BCUT2D eigenvalue weighted by atomic mass is 19.1. The second-order valence-electron chi connectivity index (χ2n) is 5.06. The van der Waals surface area contributed by atoms with Crippen LogP contribution in [0.2, 0.25) is 0 Å². The lowest BCUT2D eigenvalue weighted by Crippen LogP contribution is -2.50. The third kappa shape index (κ3) is 2.93.